The smallest absolute Gasteiger partial charge is 0.169 e. The largest absolute Gasteiger partial charge is 0.366 e. The number of halogens is 1. The van der Waals surface area contributed by atoms with Crippen LogP contribution in [-0.4, -0.2) is 41.6 Å². The Hall–Kier alpha value is -1.20. The second-order valence-electron chi connectivity index (χ2n) is 6.19. The molecule has 1 aromatic heterocycles. The summed E-state index contributed by atoms with van der Waals surface area (Å²) >= 11 is 0. The summed E-state index contributed by atoms with van der Waals surface area (Å²) in [5, 5.41) is 6.39. The van der Waals surface area contributed by atoms with Gasteiger partial charge in [0.15, 0.2) is 11.6 Å². The first-order valence-corrected chi connectivity index (χ1v) is 7.72. The molecule has 4 nitrogen and oxygen atoms in total. The molecule has 0 bridgehead atoms. The molecule has 0 aromatic carbocycles. The highest BCUT2D eigenvalue weighted by atomic mass is 19.1. The molecule has 0 unspecified atom stereocenters. The minimum absolute atomic E-state index is 0.0357. The summed E-state index contributed by atoms with van der Waals surface area (Å²) in [4.78, 5) is 6.39. The molecule has 5 heteroatoms. The number of aromatic nitrogens is 1. The molecule has 2 N–H and O–H groups in total. The van der Waals surface area contributed by atoms with Crippen LogP contribution in [0.5, 0.6) is 0 Å². The molecule has 1 rings (SSSR count). The van der Waals surface area contributed by atoms with Gasteiger partial charge in [-0.05, 0) is 39.9 Å². The molecule has 1 aromatic rings. The van der Waals surface area contributed by atoms with Gasteiger partial charge < -0.3 is 15.5 Å². The van der Waals surface area contributed by atoms with Crippen LogP contribution in [0.3, 0.4) is 0 Å². The molecule has 1 heterocycles. The lowest BCUT2D eigenvalue weighted by Gasteiger charge is -2.21. The predicted octanol–water partition coefficient (Wildman–Crippen LogP) is 2.86. The first kappa shape index (κ1) is 17.9. The highest BCUT2D eigenvalue weighted by Gasteiger charge is 2.13. The molecule has 0 amide bonds. The van der Waals surface area contributed by atoms with Crippen molar-refractivity contribution in [3.63, 3.8) is 0 Å². The van der Waals surface area contributed by atoms with Gasteiger partial charge in [0, 0.05) is 36.9 Å². The fourth-order valence-electron chi connectivity index (χ4n) is 1.98. The van der Waals surface area contributed by atoms with E-state index in [2.05, 4.69) is 55.1 Å². The number of nitrogens with zero attached hydrogens (tertiary/aromatic N) is 2. The molecular weight excluding hydrogens is 267 g/mol. The van der Waals surface area contributed by atoms with E-state index in [0.29, 0.717) is 24.5 Å². The molecule has 0 spiro atoms. The molecule has 0 aliphatic carbocycles. The molecule has 0 atom stereocenters. The van der Waals surface area contributed by atoms with Crippen LogP contribution in [-0.2, 0) is 6.54 Å². The van der Waals surface area contributed by atoms with E-state index in [1.165, 1.54) is 0 Å². The van der Waals surface area contributed by atoms with Crippen molar-refractivity contribution in [3.8, 4) is 0 Å². The minimum atomic E-state index is -0.256. The Morgan fingerprint density at radius 1 is 1.24 bits per heavy atom. The van der Waals surface area contributed by atoms with Crippen molar-refractivity contribution < 1.29 is 4.39 Å². The van der Waals surface area contributed by atoms with Gasteiger partial charge in [-0.3, -0.25) is 0 Å². The third-order valence-corrected chi connectivity index (χ3v) is 3.39. The van der Waals surface area contributed by atoms with Crippen molar-refractivity contribution in [2.45, 2.75) is 46.7 Å². The summed E-state index contributed by atoms with van der Waals surface area (Å²) in [6, 6.07) is 1.73. The predicted molar refractivity (Wildman–Crippen MR) is 87.1 cm³/mol. The van der Waals surface area contributed by atoms with E-state index in [4.69, 9.17) is 0 Å². The molecule has 0 fully saturated rings. The summed E-state index contributed by atoms with van der Waals surface area (Å²) in [7, 11) is 0. The first-order valence-electron chi connectivity index (χ1n) is 7.72. The van der Waals surface area contributed by atoms with E-state index >= 15 is 0 Å². The number of anilines is 1. The van der Waals surface area contributed by atoms with Gasteiger partial charge in [-0.25, -0.2) is 9.37 Å². The topological polar surface area (TPSA) is 40.2 Å². The summed E-state index contributed by atoms with van der Waals surface area (Å²) in [6.45, 7) is 14.5. The van der Waals surface area contributed by atoms with Gasteiger partial charge in [-0.15, -0.1) is 0 Å². The second-order valence-corrected chi connectivity index (χ2v) is 6.19. The number of nitrogens with one attached hydrogen (secondary N) is 2. The molecule has 0 radical (unpaired) electrons. The van der Waals surface area contributed by atoms with Crippen LogP contribution in [0.25, 0.3) is 0 Å². The van der Waals surface area contributed by atoms with Crippen molar-refractivity contribution in [2.75, 3.05) is 31.5 Å². The fourth-order valence-corrected chi connectivity index (χ4v) is 1.98. The molecule has 0 saturated carbocycles. The van der Waals surface area contributed by atoms with Crippen molar-refractivity contribution >= 4 is 5.82 Å². The summed E-state index contributed by atoms with van der Waals surface area (Å²) in [5.41, 5.74) is 0.608. The number of pyridine rings is 1. The summed E-state index contributed by atoms with van der Waals surface area (Å²) < 4.78 is 14.4. The summed E-state index contributed by atoms with van der Waals surface area (Å²) in [5.74, 6) is 0.0872. The number of likely N-dealkylation sites (N-methyl/N-ethyl adjacent to an activating group) is 1. The Morgan fingerprint density at radius 3 is 2.48 bits per heavy atom. The van der Waals surface area contributed by atoms with E-state index in [-0.39, 0.29) is 11.4 Å². The van der Waals surface area contributed by atoms with Crippen molar-refractivity contribution in [1.29, 1.82) is 0 Å². The third-order valence-electron chi connectivity index (χ3n) is 3.39. The minimum Gasteiger partial charge on any atom is -0.366 e. The Bertz CT molecular complexity index is 425. The van der Waals surface area contributed by atoms with E-state index in [9.17, 15) is 4.39 Å². The molecule has 0 saturated heterocycles. The fraction of sp³-hybridized carbons (Fsp3) is 0.688. The Morgan fingerprint density at radius 2 is 1.90 bits per heavy atom. The van der Waals surface area contributed by atoms with E-state index < -0.39 is 0 Å². The molecule has 0 aliphatic heterocycles. The molecule has 0 aliphatic rings. The van der Waals surface area contributed by atoms with Crippen LogP contribution >= 0.6 is 0 Å². The van der Waals surface area contributed by atoms with Crippen LogP contribution in [0.4, 0.5) is 10.2 Å². The number of hydrogen-bond donors (Lipinski definition) is 2. The lowest BCUT2D eigenvalue weighted by atomic mass is 10.1. The maximum Gasteiger partial charge on any atom is 0.169 e. The lowest BCUT2D eigenvalue weighted by molar-refractivity contribution is 0.315. The zero-order valence-electron chi connectivity index (χ0n) is 14.0. The SMILES string of the molecule is CCN(CC)CCNc1nccc(CNC(C)(C)C)c1F. The van der Waals surface area contributed by atoms with Crippen molar-refractivity contribution in [1.82, 2.24) is 15.2 Å². The van der Waals surface area contributed by atoms with E-state index in [1.807, 2.05) is 0 Å². The molecular formula is C16H29FN4. The quantitative estimate of drug-likeness (QED) is 0.774. The van der Waals surface area contributed by atoms with Gasteiger partial charge in [0.05, 0.1) is 0 Å². The van der Waals surface area contributed by atoms with Gasteiger partial charge in [-0.1, -0.05) is 13.8 Å². The van der Waals surface area contributed by atoms with Gasteiger partial charge in [0.25, 0.3) is 0 Å². The average molecular weight is 296 g/mol. The van der Waals surface area contributed by atoms with Gasteiger partial charge in [0.1, 0.15) is 0 Å². The Labute approximate surface area is 128 Å². The highest BCUT2D eigenvalue weighted by Crippen LogP contribution is 2.15. The Kier molecular flexibility index (Phi) is 7.05. The lowest BCUT2D eigenvalue weighted by Crippen LogP contribution is -2.35. The van der Waals surface area contributed by atoms with Crippen molar-refractivity contribution in [3.05, 3.63) is 23.6 Å². The van der Waals surface area contributed by atoms with Crippen molar-refractivity contribution in [2.24, 2.45) is 0 Å². The van der Waals surface area contributed by atoms with Gasteiger partial charge >= 0.3 is 0 Å². The highest BCUT2D eigenvalue weighted by molar-refractivity contribution is 5.39. The molecule has 21 heavy (non-hydrogen) atoms. The zero-order valence-corrected chi connectivity index (χ0v) is 14.0. The Balaban J connectivity index is 2.59. The van der Waals surface area contributed by atoms with Crippen LogP contribution in [0.15, 0.2) is 12.3 Å². The maximum atomic E-state index is 14.4. The normalized spacial score (nSPS) is 12.0. The van der Waals surface area contributed by atoms with Crippen LogP contribution in [0.2, 0.25) is 0 Å². The van der Waals surface area contributed by atoms with Gasteiger partial charge in [0.2, 0.25) is 0 Å². The van der Waals surface area contributed by atoms with E-state index in [0.717, 1.165) is 19.6 Å². The van der Waals surface area contributed by atoms with Crippen LogP contribution in [0, 0.1) is 5.82 Å². The van der Waals surface area contributed by atoms with Crippen LogP contribution < -0.4 is 10.6 Å². The zero-order chi connectivity index (χ0) is 15.9. The standard InChI is InChI=1S/C16H29FN4/c1-6-21(7-2)11-10-19-15-14(17)13(8-9-18-15)12-20-16(3,4)5/h8-9,20H,6-7,10-12H2,1-5H3,(H,18,19). The average Bonchev–Trinajstić information content (AvgIpc) is 2.43. The van der Waals surface area contributed by atoms with E-state index in [1.54, 1.807) is 12.3 Å². The van der Waals surface area contributed by atoms with Gasteiger partial charge in [-0.2, -0.15) is 0 Å². The third kappa shape index (κ3) is 6.40. The molecule has 120 valence electrons. The number of hydrogen-bond acceptors (Lipinski definition) is 4. The monoisotopic (exact) mass is 296 g/mol. The maximum absolute atomic E-state index is 14.4. The summed E-state index contributed by atoms with van der Waals surface area (Å²) in [6.07, 6.45) is 1.66. The first-order chi connectivity index (χ1) is 9.87. The van der Waals surface area contributed by atoms with Crippen LogP contribution in [0.1, 0.15) is 40.2 Å². The second kappa shape index (κ2) is 8.29. The number of rotatable bonds is 8.